The second-order valence-corrected chi connectivity index (χ2v) is 3.36. The van der Waals surface area contributed by atoms with Crippen molar-refractivity contribution in [3.05, 3.63) is 29.8 Å². The number of thioether (sulfide) groups is 1. The second kappa shape index (κ2) is 2.64. The Labute approximate surface area is 73.1 Å². The molecule has 0 atom stereocenters. The van der Waals surface area contributed by atoms with Gasteiger partial charge in [-0.05, 0) is 12.1 Å². The predicted octanol–water partition coefficient (Wildman–Crippen LogP) is 1.76. The Bertz CT molecular complexity index is 373. The van der Waals surface area contributed by atoms with Crippen LogP contribution < -0.4 is 0 Å². The summed E-state index contributed by atoms with van der Waals surface area (Å²) in [5.74, 6) is -0.196. The summed E-state index contributed by atoms with van der Waals surface area (Å²) in [5, 5.41) is 11.5. The fraction of sp³-hybridized carbons (Fsp3) is 0. The third-order valence-electron chi connectivity index (χ3n) is 1.62. The van der Waals surface area contributed by atoms with Gasteiger partial charge in [0.2, 0.25) is 5.78 Å². The lowest BCUT2D eigenvalue weighted by atomic mass is 10.1. The van der Waals surface area contributed by atoms with Crippen LogP contribution >= 0.6 is 11.8 Å². The van der Waals surface area contributed by atoms with Crippen molar-refractivity contribution < 1.29 is 10.0 Å². The molecule has 1 aliphatic rings. The van der Waals surface area contributed by atoms with Gasteiger partial charge in [0.25, 0.3) is 0 Å². The molecule has 0 saturated heterocycles. The highest BCUT2D eigenvalue weighted by Crippen LogP contribution is 2.32. The number of carbonyl (C=O) groups excluding carboxylic acids is 1. The quantitative estimate of drug-likeness (QED) is 0.487. The summed E-state index contributed by atoms with van der Waals surface area (Å²) in [7, 11) is 0. The van der Waals surface area contributed by atoms with Crippen LogP contribution in [0, 0.1) is 0 Å². The van der Waals surface area contributed by atoms with Gasteiger partial charge in [-0.25, -0.2) is 0 Å². The first-order valence-corrected chi connectivity index (χ1v) is 4.18. The van der Waals surface area contributed by atoms with Gasteiger partial charge >= 0.3 is 0 Å². The number of hydrogen-bond acceptors (Lipinski definition) is 4. The molecule has 0 aromatic heterocycles. The van der Waals surface area contributed by atoms with Gasteiger partial charge in [-0.15, -0.1) is 0 Å². The minimum atomic E-state index is -0.196. The molecule has 0 unspecified atom stereocenters. The molecule has 0 bridgehead atoms. The minimum Gasteiger partial charge on any atom is -0.410 e. The molecule has 0 saturated carbocycles. The zero-order chi connectivity index (χ0) is 8.55. The fourth-order valence-electron chi connectivity index (χ4n) is 1.07. The molecule has 1 aromatic rings. The lowest BCUT2D eigenvalue weighted by Crippen LogP contribution is -2.02. The third kappa shape index (κ3) is 0.921. The number of rotatable bonds is 0. The van der Waals surface area contributed by atoms with Crippen LogP contribution in [0.3, 0.4) is 0 Å². The van der Waals surface area contributed by atoms with Crippen LogP contribution in [-0.4, -0.2) is 16.0 Å². The van der Waals surface area contributed by atoms with Gasteiger partial charge in [0.05, 0.1) is 0 Å². The molecular weight excluding hydrogens is 174 g/mol. The maximum atomic E-state index is 11.3. The summed E-state index contributed by atoms with van der Waals surface area (Å²) in [5.41, 5.74) is 0.621. The van der Waals surface area contributed by atoms with Gasteiger partial charge in [0.15, 0.2) is 5.04 Å². The monoisotopic (exact) mass is 179 g/mol. The van der Waals surface area contributed by atoms with E-state index in [2.05, 4.69) is 5.16 Å². The predicted molar refractivity (Wildman–Crippen MR) is 45.9 cm³/mol. The van der Waals surface area contributed by atoms with Gasteiger partial charge in [0.1, 0.15) is 0 Å². The van der Waals surface area contributed by atoms with Crippen molar-refractivity contribution in [3.63, 3.8) is 0 Å². The number of fused-ring (bicyclic) bond motifs is 1. The highest BCUT2D eigenvalue weighted by Gasteiger charge is 2.27. The Morgan fingerprint density at radius 1 is 1.33 bits per heavy atom. The molecule has 1 aromatic carbocycles. The first-order chi connectivity index (χ1) is 5.83. The van der Waals surface area contributed by atoms with Crippen molar-refractivity contribution in [2.24, 2.45) is 5.16 Å². The lowest BCUT2D eigenvalue weighted by molar-refractivity contribution is 0.106. The SMILES string of the molecule is O=C1C(=NO)Sc2ccccc21. The summed E-state index contributed by atoms with van der Waals surface area (Å²) in [4.78, 5) is 12.2. The topological polar surface area (TPSA) is 49.7 Å². The summed E-state index contributed by atoms with van der Waals surface area (Å²) in [6.45, 7) is 0. The van der Waals surface area contributed by atoms with Gasteiger partial charge < -0.3 is 5.21 Å². The maximum Gasteiger partial charge on any atom is 0.222 e. The average molecular weight is 179 g/mol. The molecule has 3 nitrogen and oxygen atoms in total. The van der Waals surface area contributed by atoms with Crippen LogP contribution in [0.4, 0.5) is 0 Å². The first kappa shape index (κ1) is 7.36. The highest BCUT2D eigenvalue weighted by molar-refractivity contribution is 8.16. The Morgan fingerprint density at radius 2 is 2.08 bits per heavy atom. The molecule has 0 fully saturated rings. The van der Waals surface area contributed by atoms with Crippen molar-refractivity contribution >= 4 is 22.6 Å². The molecule has 1 heterocycles. The van der Waals surface area contributed by atoms with Crippen LogP contribution in [-0.2, 0) is 0 Å². The molecule has 0 amide bonds. The third-order valence-corrected chi connectivity index (χ3v) is 2.66. The van der Waals surface area contributed by atoms with Crippen molar-refractivity contribution in [1.82, 2.24) is 0 Å². The van der Waals surface area contributed by atoms with E-state index in [1.165, 1.54) is 11.8 Å². The normalized spacial score (nSPS) is 18.3. The van der Waals surface area contributed by atoms with Crippen molar-refractivity contribution in [3.8, 4) is 0 Å². The van der Waals surface area contributed by atoms with Gasteiger partial charge in [0, 0.05) is 10.5 Å². The van der Waals surface area contributed by atoms with Crippen LogP contribution in [0.15, 0.2) is 34.3 Å². The molecule has 4 heteroatoms. The average Bonchev–Trinajstić information content (AvgIpc) is 2.44. The fourth-order valence-corrected chi connectivity index (χ4v) is 1.94. The zero-order valence-electron chi connectivity index (χ0n) is 6.02. The van der Waals surface area contributed by atoms with E-state index in [1.54, 1.807) is 12.1 Å². The second-order valence-electron chi connectivity index (χ2n) is 2.33. The largest absolute Gasteiger partial charge is 0.410 e. The van der Waals surface area contributed by atoms with E-state index in [-0.39, 0.29) is 10.8 Å². The molecule has 0 spiro atoms. The molecule has 0 aliphatic carbocycles. The van der Waals surface area contributed by atoms with Crippen LogP contribution in [0.5, 0.6) is 0 Å². The Balaban J connectivity index is 2.56. The molecule has 1 N–H and O–H groups in total. The van der Waals surface area contributed by atoms with Crippen LogP contribution in [0.1, 0.15) is 10.4 Å². The number of ketones is 1. The number of oxime groups is 1. The van der Waals surface area contributed by atoms with E-state index < -0.39 is 0 Å². The number of nitrogens with zero attached hydrogens (tertiary/aromatic N) is 1. The number of Topliss-reactive ketones (excluding diaryl/α,β-unsaturated/α-hetero) is 1. The number of benzene rings is 1. The van der Waals surface area contributed by atoms with E-state index in [1.807, 2.05) is 12.1 Å². The molecule has 60 valence electrons. The standard InChI is InChI=1S/C8H5NO2S/c10-7-5-3-1-2-4-6(5)12-8(7)9-11/h1-4,11H. The lowest BCUT2D eigenvalue weighted by Gasteiger charge is -1.89. The summed E-state index contributed by atoms with van der Waals surface area (Å²) in [6.07, 6.45) is 0. The van der Waals surface area contributed by atoms with E-state index in [4.69, 9.17) is 5.21 Å². The minimum absolute atomic E-state index is 0.149. The van der Waals surface area contributed by atoms with Crippen molar-refractivity contribution in [2.45, 2.75) is 4.90 Å². The Hall–Kier alpha value is -1.29. The van der Waals surface area contributed by atoms with Gasteiger partial charge in [-0.2, -0.15) is 0 Å². The first-order valence-electron chi connectivity index (χ1n) is 3.36. The van der Waals surface area contributed by atoms with E-state index in [9.17, 15) is 4.79 Å². The zero-order valence-corrected chi connectivity index (χ0v) is 6.84. The van der Waals surface area contributed by atoms with E-state index >= 15 is 0 Å². The maximum absolute atomic E-state index is 11.3. The highest BCUT2D eigenvalue weighted by atomic mass is 32.2. The van der Waals surface area contributed by atoms with Crippen molar-refractivity contribution in [2.75, 3.05) is 0 Å². The summed E-state index contributed by atoms with van der Waals surface area (Å²) >= 11 is 1.19. The number of hydrogen-bond donors (Lipinski definition) is 1. The smallest absolute Gasteiger partial charge is 0.222 e. The van der Waals surface area contributed by atoms with Gasteiger partial charge in [-0.1, -0.05) is 29.1 Å². The number of carbonyl (C=O) groups is 1. The summed E-state index contributed by atoms with van der Waals surface area (Å²) < 4.78 is 0. The molecule has 0 radical (unpaired) electrons. The Morgan fingerprint density at radius 3 is 2.75 bits per heavy atom. The molecule has 12 heavy (non-hydrogen) atoms. The Kier molecular flexibility index (Phi) is 1.62. The van der Waals surface area contributed by atoms with E-state index in [0.717, 1.165) is 4.90 Å². The summed E-state index contributed by atoms with van der Waals surface area (Å²) in [6, 6.07) is 7.19. The molecule has 1 aliphatic heterocycles. The van der Waals surface area contributed by atoms with Crippen LogP contribution in [0.2, 0.25) is 0 Å². The van der Waals surface area contributed by atoms with Crippen molar-refractivity contribution in [1.29, 1.82) is 0 Å². The van der Waals surface area contributed by atoms with Gasteiger partial charge in [-0.3, -0.25) is 4.79 Å². The molecule has 2 rings (SSSR count). The van der Waals surface area contributed by atoms with Crippen LogP contribution in [0.25, 0.3) is 0 Å². The molecular formula is C8H5NO2S. The van der Waals surface area contributed by atoms with E-state index in [0.29, 0.717) is 5.56 Å².